The minimum Gasteiger partial charge on any atom is -0.327 e. The molecular weight excluding hydrogens is 411 g/mol. The van der Waals surface area contributed by atoms with Crippen LogP contribution in [0.1, 0.15) is 17.2 Å². The third kappa shape index (κ3) is 4.35. The molecule has 0 fully saturated rings. The molecular formula is C20H17IN2O. The SMILES string of the molecule is O=C(Nc1cccc(I)c1)NC(c1ccccc1)c1ccccc1. The third-order valence-corrected chi connectivity index (χ3v) is 4.29. The number of benzene rings is 3. The second-order valence-electron chi connectivity index (χ2n) is 5.36. The lowest BCUT2D eigenvalue weighted by Gasteiger charge is -2.20. The van der Waals surface area contributed by atoms with Gasteiger partial charge in [0.15, 0.2) is 0 Å². The quantitative estimate of drug-likeness (QED) is 0.551. The van der Waals surface area contributed by atoms with Gasteiger partial charge < -0.3 is 10.6 Å². The van der Waals surface area contributed by atoms with E-state index in [9.17, 15) is 4.79 Å². The lowest BCUT2D eigenvalue weighted by molar-refractivity contribution is 0.250. The van der Waals surface area contributed by atoms with Crippen molar-refractivity contribution in [1.29, 1.82) is 0 Å². The maximum Gasteiger partial charge on any atom is 0.319 e. The number of anilines is 1. The Hall–Kier alpha value is -2.34. The predicted octanol–water partition coefficient (Wildman–Crippen LogP) is 5.20. The van der Waals surface area contributed by atoms with Crippen LogP contribution in [0.5, 0.6) is 0 Å². The molecule has 4 heteroatoms. The summed E-state index contributed by atoms with van der Waals surface area (Å²) in [6.07, 6.45) is 0. The zero-order chi connectivity index (χ0) is 16.8. The summed E-state index contributed by atoms with van der Waals surface area (Å²) < 4.78 is 1.08. The van der Waals surface area contributed by atoms with Crippen molar-refractivity contribution in [2.45, 2.75) is 6.04 Å². The fraction of sp³-hybridized carbons (Fsp3) is 0.0500. The molecule has 24 heavy (non-hydrogen) atoms. The van der Waals surface area contributed by atoms with Crippen LogP contribution in [0.3, 0.4) is 0 Å². The first kappa shape index (κ1) is 16.5. The van der Waals surface area contributed by atoms with Crippen molar-refractivity contribution < 1.29 is 4.79 Å². The first-order valence-corrected chi connectivity index (χ1v) is 8.73. The van der Waals surface area contributed by atoms with E-state index in [2.05, 4.69) is 33.2 Å². The van der Waals surface area contributed by atoms with E-state index in [1.807, 2.05) is 84.9 Å². The van der Waals surface area contributed by atoms with Gasteiger partial charge in [0.2, 0.25) is 0 Å². The Morgan fingerprint density at radius 2 is 1.38 bits per heavy atom. The second kappa shape index (κ2) is 7.97. The van der Waals surface area contributed by atoms with Crippen LogP contribution in [-0.2, 0) is 0 Å². The van der Waals surface area contributed by atoms with E-state index in [0.717, 1.165) is 20.4 Å². The predicted molar refractivity (Wildman–Crippen MR) is 106 cm³/mol. The summed E-state index contributed by atoms with van der Waals surface area (Å²) in [5.74, 6) is 0. The van der Waals surface area contributed by atoms with Crippen molar-refractivity contribution >= 4 is 34.3 Å². The number of carbonyl (C=O) groups excluding carboxylic acids is 1. The Morgan fingerprint density at radius 1 is 0.792 bits per heavy atom. The van der Waals surface area contributed by atoms with E-state index in [-0.39, 0.29) is 12.1 Å². The van der Waals surface area contributed by atoms with Crippen molar-refractivity contribution in [2.75, 3.05) is 5.32 Å². The zero-order valence-corrected chi connectivity index (χ0v) is 15.1. The molecule has 3 aromatic carbocycles. The topological polar surface area (TPSA) is 41.1 Å². The van der Waals surface area contributed by atoms with Gasteiger partial charge in [0.05, 0.1) is 6.04 Å². The van der Waals surface area contributed by atoms with Crippen LogP contribution >= 0.6 is 22.6 Å². The number of carbonyl (C=O) groups is 1. The molecule has 2 N–H and O–H groups in total. The summed E-state index contributed by atoms with van der Waals surface area (Å²) in [5, 5.41) is 5.96. The van der Waals surface area contributed by atoms with Crippen molar-refractivity contribution in [3.05, 3.63) is 99.6 Å². The van der Waals surface area contributed by atoms with Gasteiger partial charge in [-0.05, 0) is 51.9 Å². The molecule has 0 unspecified atom stereocenters. The van der Waals surface area contributed by atoms with Gasteiger partial charge in [-0.2, -0.15) is 0 Å². The molecule has 3 rings (SSSR count). The molecule has 0 spiro atoms. The smallest absolute Gasteiger partial charge is 0.319 e. The number of rotatable bonds is 4. The molecule has 0 atom stereocenters. The highest BCUT2D eigenvalue weighted by molar-refractivity contribution is 14.1. The normalized spacial score (nSPS) is 10.4. The number of urea groups is 1. The van der Waals surface area contributed by atoms with Gasteiger partial charge in [-0.3, -0.25) is 0 Å². The van der Waals surface area contributed by atoms with E-state index in [0.29, 0.717) is 0 Å². The largest absolute Gasteiger partial charge is 0.327 e. The van der Waals surface area contributed by atoms with Gasteiger partial charge in [0.25, 0.3) is 0 Å². The van der Waals surface area contributed by atoms with Gasteiger partial charge in [0, 0.05) is 9.26 Å². The second-order valence-corrected chi connectivity index (χ2v) is 6.61. The van der Waals surface area contributed by atoms with Crippen LogP contribution in [0.4, 0.5) is 10.5 Å². The molecule has 3 nitrogen and oxygen atoms in total. The number of halogens is 1. The number of nitrogens with one attached hydrogen (secondary N) is 2. The number of hydrogen-bond donors (Lipinski definition) is 2. The maximum absolute atomic E-state index is 12.5. The lowest BCUT2D eigenvalue weighted by atomic mass is 9.99. The molecule has 2 amide bonds. The van der Waals surface area contributed by atoms with E-state index in [4.69, 9.17) is 0 Å². The van der Waals surface area contributed by atoms with Gasteiger partial charge in [-0.1, -0.05) is 66.7 Å². The average molecular weight is 428 g/mol. The molecule has 0 heterocycles. The first-order valence-electron chi connectivity index (χ1n) is 7.65. The Kier molecular flexibility index (Phi) is 5.48. The Morgan fingerprint density at radius 3 is 1.92 bits per heavy atom. The van der Waals surface area contributed by atoms with Crippen LogP contribution in [0.15, 0.2) is 84.9 Å². The highest BCUT2D eigenvalue weighted by Crippen LogP contribution is 2.22. The molecule has 0 aliphatic heterocycles. The van der Waals surface area contributed by atoms with Gasteiger partial charge in [-0.25, -0.2) is 4.79 Å². The van der Waals surface area contributed by atoms with Crippen LogP contribution in [-0.4, -0.2) is 6.03 Å². The molecule has 120 valence electrons. The van der Waals surface area contributed by atoms with Crippen molar-refractivity contribution in [3.8, 4) is 0 Å². The summed E-state index contributed by atoms with van der Waals surface area (Å²) in [6, 6.07) is 27.2. The standard InChI is InChI=1S/C20H17IN2O/c21-17-12-7-13-18(14-17)22-20(24)23-19(15-8-3-1-4-9-15)16-10-5-2-6-11-16/h1-14,19H,(H2,22,23,24). The zero-order valence-electron chi connectivity index (χ0n) is 12.9. The summed E-state index contributed by atoms with van der Waals surface area (Å²) in [6.45, 7) is 0. The third-order valence-electron chi connectivity index (χ3n) is 3.62. The minimum atomic E-state index is -0.227. The van der Waals surface area contributed by atoms with Gasteiger partial charge in [-0.15, -0.1) is 0 Å². The minimum absolute atomic E-state index is 0.199. The van der Waals surface area contributed by atoms with Crippen LogP contribution in [0.25, 0.3) is 0 Å². The Bertz CT molecular complexity index is 767. The first-order chi connectivity index (χ1) is 11.7. The molecule has 0 saturated heterocycles. The molecule has 0 bridgehead atoms. The summed E-state index contributed by atoms with van der Waals surface area (Å²) in [4.78, 5) is 12.5. The van der Waals surface area contributed by atoms with E-state index >= 15 is 0 Å². The van der Waals surface area contributed by atoms with Crippen LogP contribution in [0, 0.1) is 3.57 Å². The molecule has 0 aliphatic carbocycles. The molecule has 3 aromatic rings. The van der Waals surface area contributed by atoms with E-state index < -0.39 is 0 Å². The van der Waals surface area contributed by atoms with Gasteiger partial charge >= 0.3 is 6.03 Å². The number of amides is 2. The van der Waals surface area contributed by atoms with E-state index in [1.165, 1.54) is 0 Å². The summed E-state index contributed by atoms with van der Waals surface area (Å²) >= 11 is 2.22. The maximum atomic E-state index is 12.5. The molecule has 0 saturated carbocycles. The van der Waals surface area contributed by atoms with Crippen molar-refractivity contribution in [1.82, 2.24) is 5.32 Å². The molecule has 0 radical (unpaired) electrons. The number of hydrogen-bond acceptors (Lipinski definition) is 1. The van der Waals surface area contributed by atoms with E-state index in [1.54, 1.807) is 0 Å². The molecule has 0 aromatic heterocycles. The van der Waals surface area contributed by atoms with Crippen molar-refractivity contribution in [3.63, 3.8) is 0 Å². The Balaban J connectivity index is 1.80. The highest BCUT2D eigenvalue weighted by Gasteiger charge is 2.16. The summed E-state index contributed by atoms with van der Waals surface area (Å²) in [7, 11) is 0. The lowest BCUT2D eigenvalue weighted by Crippen LogP contribution is -2.33. The Labute approximate surface area is 155 Å². The molecule has 0 aliphatic rings. The fourth-order valence-electron chi connectivity index (χ4n) is 2.51. The van der Waals surface area contributed by atoms with Gasteiger partial charge in [0.1, 0.15) is 0 Å². The summed E-state index contributed by atoms with van der Waals surface area (Å²) in [5.41, 5.74) is 2.86. The highest BCUT2D eigenvalue weighted by atomic mass is 127. The van der Waals surface area contributed by atoms with Crippen LogP contribution < -0.4 is 10.6 Å². The monoisotopic (exact) mass is 428 g/mol. The fourth-order valence-corrected chi connectivity index (χ4v) is 3.06. The average Bonchev–Trinajstić information content (AvgIpc) is 2.61. The van der Waals surface area contributed by atoms with Crippen molar-refractivity contribution in [2.24, 2.45) is 0 Å². The van der Waals surface area contributed by atoms with Crippen LogP contribution in [0.2, 0.25) is 0 Å².